The van der Waals surface area contributed by atoms with E-state index in [1.807, 2.05) is 18.2 Å². The molecular formula is C30H37F11N2O2. The second-order valence-corrected chi connectivity index (χ2v) is 10.7. The van der Waals surface area contributed by atoms with Gasteiger partial charge in [-0.25, -0.2) is 9.97 Å². The van der Waals surface area contributed by atoms with Gasteiger partial charge in [0.1, 0.15) is 12.4 Å². The molecular weight excluding hydrogens is 629 g/mol. The van der Waals surface area contributed by atoms with Crippen molar-refractivity contribution in [3.05, 3.63) is 42.2 Å². The lowest BCUT2D eigenvalue weighted by Crippen LogP contribution is -2.67. The first-order valence-electron chi connectivity index (χ1n) is 14.7. The largest absolute Gasteiger partial charge is 0.493 e. The SMILES string of the molecule is CCCCCCCCc1cc(-c2ncccn2)ccc1OCCCCCCOCC(F)(F)C(F)(F)C(F)(F)C(F)(F)C(F)(F)F. The van der Waals surface area contributed by atoms with Crippen LogP contribution in [-0.4, -0.2) is 59.7 Å². The van der Waals surface area contributed by atoms with Crippen LogP contribution in [0.2, 0.25) is 0 Å². The second kappa shape index (κ2) is 16.7. The maximum Gasteiger partial charge on any atom is 0.460 e. The van der Waals surface area contributed by atoms with E-state index in [0.717, 1.165) is 43.2 Å². The minimum atomic E-state index is -7.42. The lowest BCUT2D eigenvalue weighted by atomic mass is 9.98. The quantitative estimate of drug-likeness (QED) is 0.0983. The van der Waals surface area contributed by atoms with E-state index in [2.05, 4.69) is 21.6 Å². The predicted octanol–water partition coefficient (Wildman–Crippen LogP) is 10.1. The molecule has 0 radical (unpaired) electrons. The van der Waals surface area contributed by atoms with Crippen molar-refractivity contribution < 1.29 is 57.8 Å². The van der Waals surface area contributed by atoms with Crippen molar-refractivity contribution in [3.8, 4) is 17.1 Å². The number of aryl methyl sites for hydroxylation is 1. The average Bonchev–Trinajstić information content (AvgIpc) is 2.98. The number of benzene rings is 1. The van der Waals surface area contributed by atoms with Gasteiger partial charge in [0, 0.05) is 24.6 Å². The number of hydrogen-bond donors (Lipinski definition) is 0. The number of aromatic nitrogens is 2. The molecule has 0 amide bonds. The van der Waals surface area contributed by atoms with E-state index in [4.69, 9.17) is 4.74 Å². The Bertz CT molecular complexity index is 1150. The van der Waals surface area contributed by atoms with Crippen LogP contribution in [0.1, 0.15) is 76.7 Å². The van der Waals surface area contributed by atoms with E-state index >= 15 is 0 Å². The van der Waals surface area contributed by atoms with E-state index in [9.17, 15) is 48.3 Å². The fourth-order valence-electron chi connectivity index (χ4n) is 4.34. The van der Waals surface area contributed by atoms with Gasteiger partial charge < -0.3 is 9.47 Å². The highest BCUT2D eigenvalue weighted by Gasteiger charge is 2.87. The zero-order chi connectivity index (χ0) is 33.8. The Morgan fingerprint density at radius 1 is 0.644 bits per heavy atom. The van der Waals surface area contributed by atoms with Crippen molar-refractivity contribution in [2.45, 2.75) is 107 Å². The van der Waals surface area contributed by atoms with Gasteiger partial charge in [0.15, 0.2) is 5.82 Å². The summed E-state index contributed by atoms with van der Waals surface area (Å²) < 4.78 is 154. The van der Waals surface area contributed by atoms with Crippen LogP contribution in [0.3, 0.4) is 0 Å². The van der Waals surface area contributed by atoms with E-state index in [1.165, 1.54) is 12.8 Å². The summed E-state index contributed by atoms with van der Waals surface area (Å²) in [5, 5.41) is 0. The van der Waals surface area contributed by atoms with Crippen LogP contribution in [0.25, 0.3) is 11.4 Å². The first-order valence-corrected chi connectivity index (χ1v) is 14.7. The molecule has 0 aliphatic carbocycles. The lowest BCUT2D eigenvalue weighted by Gasteiger charge is -2.37. The van der Waals surface area contributed by atoms with Gasteiger partial charge in [-0.15, -0.1) is 0 Å². The molecule has 0 fully saturated rings. The number of hydrogen-bond acceptors (Lipinski definition) is 4. The highest BCUT2D eigenvalue weighted by Crippen LogP contribution is 2.57. The van der Waals surface area contributed by atoms with Crippen molar-refractivity contribution in [1.82, 2.24) is 9.97 Å². The second-order valence-electron chi connectivity index (χ2n) is 10.7. The molecule has 15 heteroatoms. The highest BCUT2D eigenvalue weighted by atomic mass is 19.4. The topological polar surface area (TPSA) is 44.2 Å². The van der Waals surface area contributed by atoms with Crippen LogP contribution in [0, 0.1) is 0 Å². The molecule has 0 aliphatic heterocycles. The van der Waals surface area contributed by atoms with Crippen LogP contribution in [-0.2, 0) is 11.2 Å². The fourth-order valence-corrected chi connectivity index (χ4v) is 4.34. The molecule has 0 atom stereocenters. The zero-order valence-corrected chi connectivity index (χ0v) is 24.7. The van der Waals surface area contributed by atoms with Gasteiger partial charge in [-0.3, -0.25) is 0 Å². The third-order valence-corrected chi connectivity index (χ3v) is 7.01. The summed E-state index contributed by atoms with van der Waals surface area (Å²) in [6.07, 6.45) is 4.88. The van der Waals surface area contributed by atoms with Gasteiger partial charge in [-0.1, -0.05) is 45.4 Å². The number of ether oxygens (including phenoxy) is 2. The number of rotatable bonds is 21. The van der Waals surface area contributed by atoms with Crippen molar-refractivity contribution in [3.63, 3.8) is 0 Å². The molecule has 0 N–H and O–H groups in total. The minimum Gasteiger partial charge on any atom is -0.493 e. The summed E-state index contributed by atoms with van der Waals surface area (Å²) in [4.78, 5) is 8.55. The Morgan fingerprint density at radius 3 is 1.84 bits per heavy atom. The molecule has 45 heavy (non-hydrogen) atoms. The number of halogens is 11. The Kier molecular flexibility index (Phi) is 14.3. The van der Waals surface area contributed by atoms with Crippen molar-refractivity contribution in [2.75, 3.05) is 19.8 Å². The van der Waals surface area contributed by atoms with Crippen LogP contribution >= 0.6 is 0 Å². The molecule has 0 unspecified atom stereocenters. The summed E-state index contributed by atoms with van der Waals surface area (Å²) in [7, 11) is 0. The van der Waals surface area contributed by atoms with E-state index in [-0.39, 0.29) is 6.42 Å². The molecule has 1 aromatic carbocycles. The number of nitrogens with zero attached hydrogens (tertiary/aromatic N) is 2. The molecule has 0 bridgehead atoms. The van der Waals surface area contributed by atoms with Crippen LogP contribution in [0.15, 0.2) is 36.7 Å². The van der Waals surface area contributed by atoms with E-state index in [1.54, 1.807) is 18.5 Å². The zero-order valence-electron chi connectivity index (χ0n) is 24.7. The van der Waals surface area contributed by atoms with Crippen molar-refractivity contribution in [2.24, 2.45) is 0 Å². The predicted molar refractivity (Wildman–Crippen MR) is 145 cm³/mol. The van der Waals surface area contributed by atoms with Crippen LogP contribution in [0.4, 0.5) is 48.3 Å². The molecule has 0 spiro atoms. The molecule has 1 aromatic heterocycles. The number of unbranched alkanes of at least 4 members (excludes halogenated alkanes) is 8. The Labute approximate surface area is 254 Å². The van der Waals surface area contributed by atoms with Crippen molar-refractivity contribution in [1.29, 1.82) is 0 Å². The van der Waals surface area contributed by atoms with Gasteiger partial charge in [0.05, 0.1) is 6.61 Å². The maximum absolute atomic E-state index is 13.7. The molecule has 4 nitrogen and oxygen atoms in total. The molecule has 256 valence electrons. The fraction of sp³-hybridized carbons (Fsp3) is 0.667. The summed E-state index contributed by atoms with van der Waals surface area (Å²) in [6, 6.07) is 7.36. The third kappa shape index (κ3) is 10.1. The average molecular weight is 667 g/mol. The molecule has 0 aliphatic rings. The summed E-state index contributed by atoms with van der Waals surface area (Å²) in [5.41, 5.74) is 1.82. The molecule has 1 heterocycles. The Hall–Kier alpha value is -2.71. The summed E-state index contributed by atoms with van der Waals surface area (Å²) in [5.74, 6) is -26.6. The van der Waals surface area contributed by atoms with E-state index in [0.29, 0.717) is 37.4 Å². The number of alkyl halides is 11. The third-order valence-electron chi connectivity index (χ3n) is 7.01. The normalized spacial score (nSPS) is 13.3. The molecule has 2 aromatic rings. The molecule has 0 saturated heterocycles. The first kappa shape index (κ1) is 38.5. The van der Waals surface area contributed by atoms with E-state index < -0.39 is 43.1 Å². The van der Waals surface area contributed by atoms with Gasteiger partial charge in [-0.2, -0.15) is 48.3 Å². The highest BCUT2D eigenvalue weighted by molar-refractivity contribution is 5.58. The summed E-state index contributed by atoms with van der Waals surface area (Å²) >= 11 is 0. The Balaban J connectivity index is 1.81. The van der Waals surface area contributed by atoms with Crippen molar-refractivity contribution >= 4 is 0 Å². The van der Waals surface area contributed by atoms with Gasteiger partial charge in [-0.05, 0) is 61.9 Å². The first-order chi connectivity index (χ1) is 21.0. The van der Waals surface area contributed by atoms with Crippen LogP contribution < -0.4 is 4.74 Å². The lowest BCUT2D eigenvalue weighted by molar-refractivity contribution is -0.424. The molecule has 2 rings (SSSR count). The smallest absolute Gasteiger partial charge is 0.460 e. The molecule has 0 saturated carbocycles. The standard InChI is InChI=1S/C30H37F11N2O2/c1-2-3-4-5-6-9-13-22-20-23(25-42-16-12-17-43-25)14-15-24(22)45-19-11-8-7-10-18-44-21-26(31,32)27(33,34)28(35,36)29(37,38)30(39,40)41/h12,14-17,20H,2-11,13,18-19,21H2,1H3. The maximum atomic E-state index is 13.7. The Morgan fingerprint density at radius 2 is 1.22 bits per heavy atom. The summed E-state index contributed by atoms with van der Waals surface area (Å²) in [6.45, 7) is -0.677. The minimum absolute atomic E-state index is 0.00576. The van der Waals surface area contributed by atoms with Gasteiger partial charge in [0.25, 0.3) is 0 Å². The van der Waals surface area contributed by atoms with Gasteiger partial charge in [0.2, 0.25) is 0 Å². The van der Waals surface area contributed by atoms with Crippen LogP contribution in [0.5, 0.6) is 5.75 Å². The monoisotopic (exact) mass is 666 g/mol. The van der Waals surface area contributed by atoms with Gasteiger partial charge >= 0.3 is 29.9 Å².